The van der Waals surface area contributed by atoms with Crippen molar-refractivity contribution in [3.63, 3.8) is 0 Å². The minimum Gasteiger partial charge on any atom is -0.399 e. The van der Waals surface area contributed by atoms with Gasteiger partial charge in [0.15, 0.2) is 0 Å². The van der Waals surface area contributed by atoms with Crippen LogP contribution in [0.4, 0.5) is 17.1 Å². The molecule has 0 atom stereocenters. The van der Waals surface area contributed by atoms with Gasteiger partial charge in [-0.05, 0) is 30.3 Å². The van der Waals surface area contributed by atoms with E-state index < -0.39 is 0 Å². The first-order valence-electron chi connectivity index (χ1n) is 7.22. The van der Waals surface area contributed by atoms with Crippen molar-refractivity contribution in [1.82, 2.24) is 5.32 Å². The monoisotopic (exact) mass is 298 g/mol. The Kier molecular flexibility index (Phi) is 5.25. The topological polar surface area (TPSA) is 70.4 Å². The highest BCUT2D eigenvalue weighted by Gasteiger charge is 2.11. The van der Waals surface area contributed by atoms with E-state index in [1.165, 1.54) is 0 Å². The lowest BCUT2D eigenvalue weighted by Crippen LogP contribution is -2.30. The highest BCUT2D eigenvalue weighted by molar-refractivity contribution is 5.99. The molecule has 1 amide bonds. The molecular formula is C17H22N4O. The van der Waals surface area contributed by atoms with Gasteiger partial charge in [-0.1, -0.05) is 18.2 Å². The maximum atomic E-state index is 12.2. The standard InChI is InChI=1S/C17H22N4O/c1-21(2)16-9-4-3-8-15(16)17(22)20-11-10-19-14-7-5-6-13(18)12-14/h3-9,12,19H,10-11,18H2,1-2H3,(H,20,22). The van der Waals surface area contributed by atoms with Crippen LogP contribution >= 0.6 is 0 Å². The first-order valence-corrected chi connectivity index (χ1v) is 7.22. The summed E-state index contributed by atoms with van der Waals surface area (Å²) in [5.74, 6) is -0.0707. The van der Waals surface area contributed by atoms with E-state index in [2.05, 4.69) is 10.6 Å². The molecule has 0 bridgehead atoms. The van der Waals surface area contributed by atoms with Crippen LogP contribution in [-0.4, -0.2) is 33.1 Å². The third-order valence-electron chi connectivity index (χ3n) is 3.26. The second kappa shape index (κ2) is 7.36. The molecule has 0 radical (unpaired) electrons. The van der Waals surface area contributed by atoms with Crippen LogP contribution in [0, 0.1) is 0 Å². The van der Waals surface area contributed by atoms with Crippen LogP contribution in [0.25, 0.3) is 0 Å². The normalized spacial score (nSPS) is 10.1. The fourth-order valence-electron chi connectivity index (χ4n) is 2.18. The van der Waals surface area contributed by atoms with E-state index in [4.69, 9.17) is 5.73 Å². The molecule has 0 aliphatic rings. The number of nitrogens with one attached hydrogen (secondary N) is 2. The smallest absolute Gasteiger partial charge is 0.253 e. The molecule has 4 N–H and O–H groups in total. The van der Waals surface area contributed by atoms with Gasteiger partial charge in [0.25, 0.3) is 5.91 Å². The molecule has 5 nitrogen and oxygen atoms in total. The molecule has 0 heterocycles. The van der Waals surface area contributed by atoms with Crippen LogP contribution in [0.5, 0.6) is 0 Å². The van der Waals surface area contributed by atoms with Crippen molar-refractivity contribution in [3.8, 4) is 0 Å². The van der Waals surface area contributed by atoms with Gasteiger partial charge in [-0.25, -0.2) is 0 Å². The molecule has 2 rings (SSSR count). The zero-order valence-corrected chi connectivity index (χ0v) is 13.0. The Balaban J connectivity index is 1.86. The van der Waals surface area contributed by atoms with Gasteiger partial charge in [0, 0.05) is 44.2 Å². The summed E-state index contributed by atoms with van der Waals surface area (Å²) in [4.78, 5) is 14.2. The van der Waals surface area contributed by atoms with E-state index in [9.17, 15) is 4.79 Å². The lowest BCUT2D eigenvalue weighted by molar-refractivity contribution is 0.0955. The zero-order valence-electron chi connectivity index (χ0n) is 13.0. The Morgan fingerprint density at radius 2 is 1.86 bits per heavy atom. The van der Waals surface area contributed by atoms with Crippen molar-refractivity contribution >= 4 is 23.0 Å². The molecule has 0 fully saturated rings. The number of carbonyl (C=O) groups excluding carboxylic acids is 1. The van der Waals surface area contributed by atoms with Gasteiger partial charge in [-0.3, -0.25) is 4.79 Å². The highest BCUT2D eigenvalue weighted by Crippen LogP contribution is 2.17. The van der Waals surface area contributed by atoms with Gasteiger partial charge in [0.05, 0.1) is 5.56 Å². The molecule has 5 heteroatoms. The number of rotatable bonds is 6. The molecule has 22 heavy (non-hydrogen) atoms. The van der Waals surface area contributed by atoms with Gasteiger partial charge in [0.2, 0.25) is 0 Å². The molecular weight excluding hydrogens is 276 g/mol. The highest BCUT2D eigenvalue weighted by atomic mass is 16.1. The number of carbonyl (C=O) groups is 1. The summed E-state index contributed by atoms with van der Waals surface area (Å²) in [6.07, 6.45) is 0. The Morgan fingerprint density at radius 1 is 1.09 bits per heavy atom. The van der Waals surface area contributed by atoms with E-state index in [1.54, 1.807) is 0 Å². The minimum atomic E-state index is -0.0707. The van der Waals surface area contributed by atoms with E-state index in [0.717, 1.165) is 11.4 Å². The summed E-state index contributed by atoms with van der Waals surface area (Å²) in [6, 6.07) is 15.1. The predicted molar refractivity (Wildman–Crippen MR) is 92.4 cm³/mol. The SMILES string of the molecule is CN(C)c1ccccc1C(=O)NCCNc1cccc(N)c1. The van der Waals surface area contributed by atoms with Gasteiger partial charge < -0.3 is 21.3 Å². The number of nitrogen functional groups attached to an aromatic ring is 1. The number of nitrogens with two attached hydrogens (primary N) is 1. The van der Waals surface area contributed by atoms with E-state index in [0.29, 0.717) is 24.3 Å². The average Bonchev–Trinajstić information content (AvgIpc) is 2.51. The number of hydrogen-bond acceptors (Lipinski definition) is 4. The summed E-state index contributed by atoms with van der Waals surface area (Å²) < 4.78 is 0. The second-order valence-electron chi connectivity index (χ2n) is 5.22. The molecule has 0 spiro atoms. The molecule has 0 aliphatic heterocycles. The molecule has 2 aromatic rings. The summed E-state index contributed by atoms with van der Waals surface area (Å²) in [7, 11) is 3.85. The van der Waals surface area contributed by atoms with E-state index in [1.807, 2.05) is 67.5 Å². The zero-order chi connectivity index (χ0) is 15.9. The van der Waals surface area contributed by atoms with Crippen molar-refractivity contribution < 1.29 is 4.79 Å². The molecule has 0 aliphatic carbocycles. The van der Waals surface area contributed by atoms with Gasteiger partial charge >= 0.3 is 0 Å². The summed E-state index contributed by atoms with van der Waals surface area (Å²) in [5.41, 5.74) is 8.96. The lowest BCUT2D eigenvalue weighted by atomic mass is 10.1. The summed E-state index contributed by atoms with van der Waals surface area (Å²) in [5, 5.41) is 6.14. The number of para-hydroxylation sites is 1. The third-order valence-corrected chi connectivity index (χ3v) is 3.26. The Labute approximate surface area is 131 Å². The average molecular weight is 298 g/mol. The summed E-state index contributed by atoms with van der Waals surface area (Å²) >= 11 is 0. The minimum absolute atomic E-state index is 0.0707. The van der Waals surface area contributed by atoms with Gasteiger partial charge in [-0.2, -0.15) is 0 Å². The summed E-state index contributed by atoms with van der Waals surface area (Å²) in [6.45, 7) is 1.18. The largest absolute Gasteiger partial charge is 0.399 e. The predicted octanol–water partition coefficient (Wildman–Crippen LogP) is 2.18. The molecule has 0 unspecified atom stereocenters. The maximum Gasteiger partial charge on any atom is 0.253 e. The van der Waals surface area contributed by atoms with Gasteiger partial charge in [0.1, 0.15) is 0 Å². The number of anilines is 3. The first-order chi connectivity index (χ1) is 10.6. The number of benzene rings is 2. The van der Waals surface area contributed by atoms with Crippen molar-refractivity contribution in [1.29, 1.82) is 0 Å². The molecule has 0 saturated heterocycles. The van der Waals surface area contributed by atoms with Crippen molar-refractivity contribution in [2.45, 2.75) is 0 Å². The van der Waals surface area contributed by atoms with Gasteiger partial charge in [-0.15, -0.1) is 0 Å². The quantitative estimate of drug-likeness (QED) is 0.565. The fourth-order valence-corrected chi connectivity index (χ4v) is 2.18. The Bertz CT molecular complexity index is 640. The van der Waals surface area contributed by atoms with Crippen molar-refractivity contribution in [2.75, 3.05) is 43.1 Å². The lowest BCUT2D eigenvalue weighted by Gasteiger charge is -2.17. The Morgan fingerprint density at radius 3 is 2.59 bits per heavy atom. The third kappa shape index (κ3) is 4.15. The maximum absolute atomic E-state index is 12.2. The van der Waals surface area contributed by atoms with Crippen molar-refractivity contribution in [3.05, 3.63) is 54.1 Å². The van der Waals surface area contributed by atoms with Crippen LogP contribution in [-0.2, 0) is 0 Å². The van der Waals surface area contributed by atoms with Crippen LogP contribution in [0.1, 0.15) is 10.4 Å². The number of amides is 1. The van der Waals surface area contributed by atoms with E-state index >= 15 is 0 Å². The number of hydrogen-bond donors (Lipinski definition) is 3. The molecule has 0 aromatic heterocycles. The first kappa shape index (κ1) is 15.7. The van der Waals surface area contributed by atoms with Crippen LogP contribution in [0.3, 0.4) is 0 Å². The van der Waals surface area contributed by atoms with E-state index in [-0.39, 0.29) is 5.91 Å². The molecule has 0 saturated carbocycles. The fraction of sp³-hybridized carbons (Fsp3) is 0.235. The second-order valence-corrected chi connectivity index (χ2v) is 5.22. The Hall–Kier alpha value is -2.69. The van der Waals surface area contributed by atoms with Crippen molar-refractivity contribution in [2.24, 2.45) is 0 Å². The van der Waals surface area contributed by atoms with Crippen LogP contribution < -0.4 is 21.3 Å². The van der Waals surface area contributed by atoms with Crippen LogP contribution in [0.2, 0.25) is 0 Å². The molecule has 2 aromatic carbocycles. The number of nitrogens with zero attached hydrogens (tertiary/aromatic N) is 1. The molecule has 116 valence electrons. The van der Waals surface area contributed by atoms with Crippen LogP contribution in [0.15, 0.2) is 48.5 Å².